The van der Waals surface area contributed by atoms with Gasteiger partial charge in [-0.2, -0.15) is 0 Å². The highest BCUT2D eigenvalue weighted by atomic mass is 16.6. The van der Waals surface area contributed by atoms with E-state index in [1.165, 1.54) is 26.0 Å². The standard InChI is InChI=1S/C19H35NO5/c1-5-7-9-10-11-13-19(3,23)14-12-16(17(21)24-4)20-18(22)25-15-8-6-2/h12,14,16,23H,5-11,13,15H2,1-4H3,(H,20,22)/b14-12+. The summed E-state index contributed by atoms with van der Waals surface area (Å²) in [5, 5.41) is 12.8. The monoisotopic (exact) mass is 357 g/mol. The lowest BCUT2D eigenvalue weighted by Gasteiger charge is -2.20. The Hall–Kier alpha value is -1.56. The van der Waals surface area contributed by atoms with E-state index < -0.39 is 23.7 Å². The molecule has 0 fully saturated rings. The Labute approximate surface area is 152 Å². The van der Waals surface area contributed by atoms with Gasteiger partial charge in [0.05, 0.1) is 19.3 Å². The fourth-order valence-corrected chi connectivity index (χ4v) is 2.26. The zero-order valence-corrected chi connectivity index (χ0v) is 16.2. The molecule has 146 valence electrons. The zero-order chi connectivity index (χ0) is 19.1. The van der Waals surface area contributed by atoms with Crippen LogP contribution in [0.3, 0.4) is 0 Å². The highest BCUT2D eigenvalue weighted by Gasteiger charge is 2.22. The van der Waals surface area contributed by atoms with Crippen molar-refractivity contribution in [2.45, 2.75) is 83.8 Å². The first-order chi connectivity index (χ1) is 11.9. The van der Waals surface area contributed by atoms with Gasteiger partial charge in [-0.3, -0.25) is 0 Å². The third kappa shape index (κ3) is 12.5. The third-order valence-corrected chi connectivity index (χ3v) is 3.89. The average molecular weight is 357 g/mol. The van der Waals surface area contributed by atoms with E-state index in [1.54, 1.807) is 13.0 Å². The van der Waals surface area contributed by atoms with Crippen LogP contribution in [0, 0.1) is 0 Å². The van der Waals surface area contributed by atoms with Crippen LogP contribution in [0.5, 0.6) is 0 Å². The molecule has 0 saturated heterocycles. The van der Waals surface area contributed by atoms with Gasteiger partial charge in [-0.1, -0.05) is 64.5 Å². The Morgan fingerprint density at radius 2 is 1.76 bits per heavy atom. The highest BCUT2D eigenvalue weighted by molar-refractivity contribution is 5.83. The number of ether oxygens (including phenoxy) is 2. The molecule has 0 rings (SSSR count). The maximum Gasteiger partial charge on any atom is 0.408 e. The SMILES string of the molecule is CCCCCCCC(C)(O)/C=C/C(NC(=O)OCCCC)C(=O)OC. The number of unbranched alkanes of at least 4 members (excludes halogenated alkanes) is 5. The maximum absolute atomic E-state index is 11.8. The van der Waals surface area contributed by atoms with E-state index in [-0.39, 0.29) is 0 Å². The van der Waals surface area contributed by atoms with Gasteiger partial charge >= 0.3 is 12.1 Å². The van der Waals surface area contributed by atoms with Crippen LogP contribution in [0.4, 0.5) is 4.79 Å². The minimum Gasteiger partial charge on any atom is -0.467 e. The summed E-state index contributed by atoms with van der Waals surface area (Å²) in [6, 6.07) is -0.981. The molecule has 2 atom stereocenters. The first-order valence-electron chi connectivity index (χ1n) is 9.29. The van der Waals surface area contributed by atoms with Crippen LogP contribution in [0.1, 0.15) is 72.1 Å². The maximum atomic E-state index is 11.8. The van der Waals surface area contributed by atoms with E-state index in [2.05, 4.69) is 17.0 Å². The molecule has 0 heterocycles. The van der Waals surface area contributed by atoms with Gasteiger partial charge in [-0.05, 0) is 19.8 Å². The van der Waals surface area contributed by atoms with Crippen molar-refractivity contribution in [3.63, 3.8) is 0 Å². The molecule has 0 aromatic carbocycles. The number of alkyl carbamates (subject to hydrolysis) is 1. The highest BCUT2D eigenvalue weighted by Crippen LogP contribution is 2.17. The summed E-state index contributed by atoms with van der Waals surface area (Å²) >= 11 is 0. The van der Waals surface area contributed by atoms with Crippen LogP contribution < -0.4 is 5.32 Å². The van der Waals surface area contributed by atoms with Crippen molar-refractivity contribution in [1.82, 2.24) is 5.32 Å². The predicted molar refractivity (Wildman–Crippen MR) is 98.3 cm³/mol. The molecule has 2 N–H and O–H groups in total. The minimum atomic E-state index is -1.04. The first-order valence-corrected chi connectivity index (χ1v) is 9.29. The number of hydrogen-bond donors (Lipinski definition) is 2. The van der Waals surface area contributed by atoms with Crippen molar-refractivity contribution in [2.75, 3.05) is 13.7 Å². The van der Waals surface area contributed by atoms with Crippen molar-refractivity contribution < 1.29 is 24.2 Å². The number of methoxy groups -OCH3 is 1. The second-order valence-electron chi connectivity index (χ2n) is 6.52. The lowest BCUT2D eigenvalue weighted by Crippen LogP contribution is -2.41. The number of esters is 1. The van der Waals surface area contributed by atoms with Crippen LogP contribution in [0.25, 0.3) is 0 Å². The molecule has 2 unspecified atom stereocenters. The zero-order valence-electron chi connectivity index (χ0n) is 16.2. The van der Waals surface area contributed by atoms with Crippen LogP contribution >= 0.6 is 0 Å². The smallest absolute Gasteiger partial charge is 0.408 e. The molecule has 0 spiro atoms. The summed E-state index contributed by atoms with van der Waals surface area (Å²) in [7, 11) is 1.25. The molecule has 0 aromatic heterocycles. The molecule has 6 heteroatoms. The number of carbonyl (C=O) groups excluding carboxylic acids is 2. The first kappa shape index (κ1) is 23.4. The average Bonchev–Trinajstić information content (AvgIpc) is 2.58. The van der Waals surface area contributed by atoms with Gasteiger partial charge in [0.25, 0.3) is 0 Å². The molecule has 0 radical (unpaired) electrons. The number of rotatable bonds is 13. The van der Waals surface area contributed by atoms with Crippen molar-refractivity contribution in [1.29, 1.82) is 0 Å². The Kier molecular flexibility index (Phi) is 12.8. The van der Waals surface area contributed by atoms with Gasteiger partial charge < -0.3 is 19.9 Å². The van der Waals surface area contributed by atoms with Crippen molar-refractivity contribution in [3.05, 3.63) is 12.2 Å². The molecule has 0 aliphatic heterocycles. The summed E-state index contributed by atoms with van der Waals surface area (Å²) < 4.78 is 9.68. The third-order valence-electron chi connectivity index (χ3n) is 3.89. The van der Waals surface area contributed by atoms with E-state index in [1.807, 2.05) is 6.92 Å². The summed E-state index contributed by atoms with van der Waals surface area (Å²) in [6.07, 6.45) is 10.1. The molecule has 0 saturated carbocycles. The van der Waals surface area contributed by atoms with Gasteiger partial charge in [0.2, 0.25) is 0 Å². The molecule has 0 aliphatic rings. The number of carbonyl (C=O) groups is 2. The van der Waals surface area contributed by atoms with Crippen molar-refractivity contribution in [2.24, 2.45) is 0 Å². The summed E-state index contributed by atoms with van der Waals surface area (Å²) in [4.78, 5) is 23.5. The normalized spacial score (nSPS) is 14.8. The van der Waals surface area contributed by atoms with Crippen LogP contribution in [-0.2, 0) is 14.3 Å². The fraction of sp³-hybridized carbons (Fsp3) is 0.789. The van der Waals surface area contributed by atoms with E-state index in [0.717, 1.165) is 32.1 Å². The summed E-state index contributed by atoms with van der Waals surface area (Å²) in [6.45, 7) is 6.14. The lowest BCUT2D eigenvalue weighted by molar-refractivity contribution is -0.141. The summed E-state index contributed by atoms with van der Waals surface area (Å²) in [5.41, 5.74) is -1.04. The molecule has 0 aliphatic carbocycles. The summed E-state index contributed by atoms with van der Waals surface area (Å²) in [5.74, 6) is -0.609. The van der Waals surface area contributed by atoms with Gasteiger partial charge in [0.1, 0.15) is 6.04 Å². The number of amides is 1. The topological polar surface area (TPSA) is 84.9 Å². The lowest BCUT2D eigenvalue weighted by atomic mass is 9.96. The number of hydrogen-bond acceptors (Lipinski definition) is 5. The second-order valence-corrected chi connectivity index (χ2v) is 6.52. The van der Waals surface area contributed by atoms with E-state index in [0.29, 0.717) is 13.0 Å². The predicted octanol–water partition coefficient (Wildman–Crippen LogP) is 3.72. The molecule has 0 aromatic rings. The van der Waals surface area contributed by atoms with Crippen molar-refractivity contribution >= 4 is 12.1 Å². The number of nitrogens with one attached hydrogen (secondary N) is 1. The van der Waals surface area contributed by atoms with Gasteiger partial charge in [0, 0.05) is 0 Å². The minimum absolute atomic E-state index is 0.301. The van der Waals surface area contributed by atoms with Gasteiger partial charge in [0.15, 0.2) is 0 Å². The van der Waals surface area contributed by atoms with E-state index >= 15 is 0 Å². The Balaban J connectivity index is 4.53. The Bertz CT molecular complexity index is 407. The van der Waals surface area contributed by atoms with Crippen molar-refractivity contribution in [3.8, 4) is 0 Å². The number of aliphatic hydroxyl groups is 1. The molecule has 6 nitrogen and oxygen atoms in total. The largest absolute Gasteiger partial charge is 0.467 e. The molecular formula is C19H35NO5. The Morgan fingerprint density at radius 1 is 1.12 bits per heavy atom. The van der Waals surface area contributed by atoms with E-state index in [9.17, 15) is 14.7 Å². The molecular weight excluding hydrogens is 322 g/mol. The molecule has 25 heavy (non-hydrogen) atoms. The molecule has 1 amide bonds. The van der Waals surface area contributed by atoms with Crippen LogP contribution in [-0.4, -0.2) is 42.5 Å². The quantitative estimate of drug-likeness (QED) is 0.298. The molecule has 0 bridgehead atoms. The van der Waals surface area contributed by atoms with Crippen LogP contribution in [0.15, 0.2) is 12.2 Å². The van der Waals surface area contributed by atoms with Gasteiger partial charge in [-0.25, -0.2) is 9.59 Å². The second kappa shape index (κ2) is 13.7. The van der Waals surface area contributed by atoms with E-state index in [4.69, 9.17) is 4.74 Å². The van der Waals surface area contributed by atoms with Gasteiger partial charge in [-0.15, -0.1) is 0 Å². The Morgan fingerprint density at radius 3 is 2.36 bits per heavy atom. The fourth-order valence-electron chi connectivity index (χ4n) is 2.26. The van der Waals surface area contributed by atoms with Crippen LogP contribution in [0.2, 0.25) is 0 Å².